The van der Waals surface area contributed by atoms with Crippen molar-refractivity contribution in [3.63, 3.8) is 0 Å². The van der Waals surface area contributed by atoms with E-state index >= 15 is 0 Å². The Morgan fingerprint density at radius 2 is 2.22 bits per heavy atom. The molecule has 9 heavy (non-hydrogen) atoms. The highest BCUT2D eigenvalue weighted by atomic mass is 16.6. The number of hydrogen-bond donors (Lipinski definition) is 2. The molecule has 1 aliphatic rings. The average molecular weight is 131 g/mol. The zero-order valence-corrected chi connectivity index (χ0v) is 4.91. The van der Waals surface area contributed by atoms with Crippen LogP contribution in [0.25, 0.3) is 0 Å². The predicted molar refractivity (Wildman–Crippen MR) is 29.7 cm³/mol. The Balaban J connectivity index is 2.11. The van der Waals surface area contributed by atoms with Gasteiger partial charge in [0.05, 0.1) is 6.10 Å². The van der Waals surface area contributed by atoms with Crippen LogP contribution in [0, 0.1) is 0 Å². The van der Waals surface area contributed by atoms with Crippen LogP contribution in [-0.2, 0) is 4.74 Å². The molecule has 3 N–H and O–H groups in total. The Kier molecular flexibility index (Phi) is 1.57. The molecule has 0 unspecified atom stereocenters. The standard InChI is InChI=1S/C5H9NO3/c6-5(8)9-4-1-3(7)2-4/h3-4,7H,1-2H2,(H2,6,8)/t3-,4-. The van der Waals surface area contributed by atoms with Crippen LogP contribution in [0.3, 0.4) is 0 Å². The summed E-state index contributed by atoms with van der Waals surface area (Å²) in [6.45, 7) is 0. The molecule has 0 aliphatic heterocycles. The first-order chi connectivity index (χ1) is 4.18. The van der Waals surface area contributed by atoms with Gasteiger partial charge in [0.1, 0.15) is 6.10 Å². The van der Waals surface area contributed by atoms with Gasteiger partial charge in [-0.25, -0.2) is 4.79 Å². The van der Waals surface area contributed by atoms with Crippen LogP contribution in [-0.4, -0.2) is 23.4 Å². The summed E-state index contributed by atoms with van der Waals surface area (Å²) in [7, 11) is 0. The van der Waals surface area contributed by atoms with E-state index in [0.29, 0.717) is 12.8 Å². The van der Waals surface area contributed by atoms with E-state index in [4.69, 9.17) is 10.8 Å². The van der Waals surface area contributed by atoms with Gasteiger partial charge in [0.15, 0.2) is 0 Å². The summed E-state index contributed by atoms with van der Waals surface area (Å²) < 4.78 is 4.54. The van der Waals surface area contributed by atoms with Crippen molar-refractivity contribution in [3.8, 4) is 0 Å². The Morgan fingerprint density at radius 1 is 1.67 bits per heavy atom. The number of primary amides is 1. The molecule has 0 aromatic heterocycles. The second-order valence-corrected chi connectivity index (χ2v) is 2.18. The highest BCUT2D eigenvalue weighted by molar-refractivity contribution is 5.64. The van der Waals surface area contributed by atoms with E-state index in [-0.39, 0.29) is 12.2 Å². The van der Waals surface area contributed by atoms with Crippen LogP contribution < -0.4 is 5.73 Å². The van der Waals surface area contributed by atoms with E-state index in [9.17, 15) is 4.79 Å². The summed E-state index contributed by atoms with van der Waals surface area (Å²) in [6.07, 6.45) is -0.134. The molecule has 1 aliphatic carbocycles. The number of ether oxygens (including phenoxy) is 1. The summed E-state index contributed by atoms with van der Waals surface area (Å²) in [5, 5.41) is 8.70. The molecule has 0 bridgehead atoms. The summed E-state index contributed by atoms with van der Waals surface area (Å²) >= 11 is 0. The largest absolute Gasteiger partial charge is 0.446 e. The highest BCUT2D eigenvalue weighted by Crippen LogP contribution is 2.22. The summed E-state index contributed by atoms with van der Waals surface area (Å²) in [5.74, 6) is 0. The maximum Gasteiger partial charge on any atom is 0.404 e. The Labute approximate surface area is 52.6 Å². The molecule has 1 amide bonds. The Morgan fingerprint density at radius 3 is 2.56 bits per heavy atom. The molecule has 0 atom stereocenters. The summed E-state index contributed by atoms with van der Waals surface area (Å²) in [6, 6.07) is 0. The van der Waals surface area contributed by atoms with Gasteiger partial charge in [-0.15, -0.1) is 0 Å². The number of hydrogen-bond acceptors (Lipinski definition) is 3. The van der Waals surface area contributed by atoms with Gasteiger partial charge in [-0.05, 0) is 0 Å². The van der Waals surface area contributed by atoms with Crippen LogP contribution >= 0.6 is 0 Å². The Hall–Kier alpha value is -0.770. The quantitative estimate of drug-likeness (QED) is 0.508. The minimum atomic E-state index is -0.758. The number of aliphatic hydroxyl groups is 1. The van der Waals surface area contributed by atoms with Crippen molar-refractivity contribution in [3.05, 3.63) is 0 Å². The molecule has 0 radical (unpaired) electrons. The summed E-state index contributed by atoms with van der Waals surface area (Å²) in [4.78, 5) is 10.0. The first-order valence-corrected chi connectivity index (χ1v) is 2.82. The maximum atomic E-state index is 10.0. The molecular formula is C5H9NO3. The zero-order valence-electron chi connectivity index (χ0n) is 4.91. The monoisotopic (exact) mass is 131 g/mol. The van der Waals surface area contributed by atoms with Crippen molar-refractivity contribution >= 4 is 6.09 Å². The molecule has 52 valence electrons. The molecule has 0 heterocycles. The lowest BCUT2D eigenvalue weighted by molar-refractivity contribution is -0.0321. The fourth-order valence-corrected chi connectivity index (χ4v) is 0.798. The number of aliphatic hydroxyl groups excluding tert-OH is 1. The lowest BCUT2D eigenvalue weighted by Gasteiger charge is -2.29. The minimum absolute atomic E-state index is 0.141. The molecule has 0 saturated heterocycles. The molecule has 1 fully saturated rings. The van der Waals surface area contributed by atoms with Crippen LogP contribution in [0.4, 0.5) is 4.79 Å². The topological polar surface area (TPSA) is 72.6 Å². The van der Waals surface area contributed by atoms with Gasteiger partial charge in [0.2, 0.25) is 0 Å². The van der Waals surface area contributed by atoms with E-state index in [1.54, 1.807) is 0 Å². The number of rotatable bonds is 1. The lowest BCUT2D eigenvalue weighted by Crippen LogP contribution is -2.38. The Bertz CT molecular complexity index is 119. The van der Waals surface area contributed by atoms with E-state index in [1.165, 1.54) is 0 Å². The maximum absolute atomic E-state index is 10.0. The SMILES string of the molecule is NC(=O)O[C@H]1C[C@H](O)C1. The van der Waals surface area contributed by atoms with Crippen molar-refractivity contribution in [1.29, 1.82) is 0 Å². The molecule has 0 aromatic rings. The highest BCUT2D eigenvalue weighted by Gasteiger charge is 2.29. The molecule has 4 heteroatoms. The molecule has 1 rings (SSSR count). The van der Waals surface area contributed by atoms with Crippen LogP contribution in [0.1, 0.15) is 12.8 Å². The smallest absolute Gasteiger partial charge is 0.404 e. The number of nitrogens with two attached hydrogens (primary N) is 1. The zero-order chi connectivity index (χ0) is 6.85. The number of carbonyl (C=O) groups excluding carboxylic acids is 1. The van der Waals surface area contributed by atoms with Gasteiger partial charge < -0.3 is 15.6 Å². The van der Waals surface area contributed by atoms with Gasteiger partial charge in [-0.3, -0.25) is 0 Å². The van der Waals surface area contributed by atoms with E-state index in [0.717, 1.165) is 0 Å². The number of carbonyl (C=O) groups is 1. The average Bonchev–Trinajstić information content (AvgIpc) is 1.60. The van der Waals surface area contributed by atoms with Gasteiger partial charge in [0.25, 0.3) is 0 Å². The predicted octanol–water partition coefficient (Wildman–Crippen LogP) is -0.395. The van der Waals surface area contributed by atoms with E-state index in [2.05, 4.69) is 4.74 Å². The lowest BCUT2D eigenvalue weighted by atomic mass is 9.92. The second-order valence-electron chi connectivity index (χ2n) is 2.18. The van der Waals surface area contributed by atoms with Crippen molar-refractivity contribution in [2.75, 3.05) is 0 Å². The normalized spacial score (nSPS) is 33.0. The minimum Gasteiger partial charge on any atom is -0.446 e. The van der Waals surface area contributed by atoms with Crippen LogP contribution in [0.15, 0.2) is 0 Å². The van der Waals surface area contributed by atoms with Gasteiger partial charge in [-0.2, -0.15) is 0 Å². The van der Waals surface area contributed by atoms with E-state index in [1.807, 2.05) is 0 Å². The fraction of sp³-hybridized carbons (Fsp3) is 0.800. The van der Waals surface area contributed by atoms with Gasteiger partial charge in [0, 0.05) is 12.8 Å². The first-order valence-electron chi connectivity index (χ1n) is 2.82. The fourth-order valence-electron chi connectivity index (χ4n) is 0.798. The second kappa shape index (κ2) is 2.23. The molecule has 0 aromatic carbocycles. The number of amides is 1. The van der Waals surface area contributed by atoms with Crippen molar-refractivity contribution < 1.29 is 14.6 Å². The molecule has 1 saturated carbocycles. The third-order valence-corrected chi connectivity index (χ3v) is 1.35. The van der Waals surface area contributed by atoms with Gasteiger partial charge >= 0.3 is 6.09 Å². The van der Waals surface area contributed by atoms with Crippen molar-refractivity contribution in [2.45, 2.75) is 25.0 Å². The molecule has 4 nitrogen and oxygen atoms in total. The third kappa shape index (κ3) is 1.57. The summed E-state index contributed by atoms with van der Waals surface area (Å²) in [5.41, 5.74) is 4.71. The molecular weight excluding hydrogens is 122 g/mol. The van der Waals surface area contributed by atoms with Crippen LogP contribution in [0.5, 0.6) is 0 Å². The first kappa shape index (κ1) is 6.35. The van der Waals surface area contributed by atoms with Crippen LogP contribution in [0.2, 0.25) is 0 Å². The van der Waals surface area contributed by atoms with Gasteiger partial charge in [-0.1, -0.05) is 0 Å². The third-order valence-electron chi connectivity index (χ3n) is 1.35. The molecule has 0 spiro atoms. The van der Waals surface area contributed by atoms with Crippen molar-refractivity contribution in [1.82, 2.24) is 0 Å². The van der Waals surface area contributed by atoms with E-state index < -0.39 is 6.09 Å². The van der Waals surface area contributed by atoms with Crippen molar-refractivity contribution in [2.24, 2.45) is 5.73 Å².